The third-order valence-electron chi connectivity index (χ3n) is 3.77. The topological polar surface area (TPSA) is 3.24 Å². The summed E-state index contributed by atoms with van der Waals surface area (Å²) in [6.07, 6.45) is 3.02. The molecule has 0 aromatic carbocycles. The van der Waals surface area contributed by atoms with Crippen LogP contribution < -0.4 is 0 Å². The van der Waals surface area contributed by atoms with E-state index in [9.17, 15) is 0 Å². The van der Waals surface area contributed by atoms with Crippen LogP contribution in [0.4, 0.5) is 0 Å². The van der Waals surface area contributed by atoms with Gasteiger partial charge in [0.15, 0.2) is 0 Å². The number of hydrogen-bond acceptors (Lipinski definition) is 1. The van der Waals surface area contributed by atoms with Crippen LogP contribution in [0.25, 0.3) is 0 Å². The van der Waals surface area contributed by atoms with Crippen LogP contribution in [0, 0.1) is 17.3 Å². The van der Waals surface area contributed by atoms with Crippen molar-refractivity contribution in [2.24, 2.45) is 17.3 Å². The number of hydrogen-bond donors (Lipinski definition) is 0. The molecular weight excluding hydrogens is 158 g/mol. The van der Waals surface area contributed by atoms with Crippen LogP contribution in [-0.4, -0.2) is 25.0 Å². The van der Waals surface area contributed by atoms with E-state index in [4.69, 9.17) is 0 Å². The molecule has 2 heterocycles. The third-order valence-corrected chi connectivity index (χ3v) is 3.77. The largest absolute Gasteiger partial charge is 0.306 e. The predicted molar refractivity (Wildman–Crippen MR) is 58.8 cm³/mol. The number of piperidine rings is 2. The van der Waals surface area contributed by atoms with Gasteiger partial charge in [0.05, 0.1) is 0 Å². The minimum absolute atomic E-state index is 0.720. The Morgan fingerprint density at radius 3 is 2.08 bits per heavy atom. The molecule has 0 atom stereocenters. The zero-order valence-corrected chi connectivity index (χ0v) is 9.93. The summed E-state index contributed by atoms with van der Waals surface area (Å²) in [5.41, 5.74) is 0.720. The molecule has 0 amide bonds. The van der Waals surface area contributed by atoms with E-state index in [1.807, 2.05) is 13.8 Å². The first-order chi connectivity index (χ1) is 6.12. The Hall–Kier alpha value is -0.0400. The molecule has 1 nitrogen and oxygen atoms in total. The second kappa shape index (κ2) is 4.00. The normalized spacial score (nSPS) is 37.8. The lowest BCUT2D eigenvalue weighted by atomic mass is 9.54. The zero-order valence-electron chi connectivity index (χ0n) is 9.93. The maximum Gasteiger partial charge on any atom is 0.00377 e. The molecule has 78 valence electrons. The molecular formula is C12H25N. The van der Waals surface area contributed by atoms with Crippen LogP contribution in [0.2, 0.25) is 0 Å². The molecule has 0 aromatic heterocycles. The van der Waals surface area contributed by atoms with Gasteiger partial charge in [0.25, 0.3) is 0 Å². The van der Waals surface area contributed by atoms with Crippen molar-refractivity contribution in [1.82, 2.24) is 4.90 Å². The SMILES string of the molecule is CC.CC(C)C12CC(CN(C)C1)C2. The molecule has 2 bridgehead atoms. The molecule has 0 N–H and O–H groups in total. The fraction of sp³-hybridized carbons (Fsp3) is 1.00. The monoisotopic (exact) mass is 183 g/mol. The fourth-order valence-corrected chi connectivity index (χ4v) is 3.05. The van der Waals surface area contributed by atoms with Crippen LogP contribution in [0.5, 0.6) is 0 Å². The fourth-order valence-electron chi connectivity index (χ4n) is 3.05. The standard InChI is InChI=1S/C10H19N.C2H6/c1-8(2)10-4-9(5-10)6-11(3)7-10;1-2/h8-9H,4-7H2,1-3H3;1-2H3. The predicted octanol–water partition coefficient (Wildman–Crippen LogP) is 3.01. The van der Waals surface area contributed by atoms with Gasteiger partial charge in [-0.2, -0.15) is 0 Å². The van der Waals surface area contributed by atoms with Crippen LogP contribution >= 0.6 is 0 Å². The Balaban J connectivity index is 0.000000396. The van der Waals surface area contributed by atoms with Gasteiger partial charge in [-0.3, -0.25) is 0 Å². The average molecular weight is 183 g/mol. The Morgan fingerprint density at radius 2 is 1.77 bits per heavy atom. The van der Waals surface area contributed by atoms with Crippen molar-refractivity contribution in [1.29, 1.82) is 0 Å². The molecule has 0 spiro atoms. The molecule has 0 radical (unpaired) electrons. The van der Waals surface area contributed by atoms with Crippen LogP contribution in [-0.2, 0) is 0 Å². The highest BCUT2D eigenvalue weighted by atomic mass is 15.1. The van der Waals surface area contributed by atoms with Gasteiger partial charge < -0.3 is 4.90 Å². The van der Waals surface area contributed by atoms with E-state index in [-0.39, 0.29) is 0 Å². The number of nitrogens with zero attached hydrogens (tertiary/aromatic N) is 1. The molecule has 1 aliphatic carbocycles. The summed E-state index contributed by atoms with van der Waals surface area (Å²) in [7, 11) is 2.27. The maximum atomic E-state index is 2.51. The van der Waals surface area contributed by atoms with Crippen molar-refractivity contribution < 1.29 is 0 Å². The van der Waals surface area contributed by atoms with Gasteiger partial charge in [-0.1, -0.05) is 27.7 Å². The lowest BCUT2D eigenvalue weighted by Gasteiger charge is -2.58. The van der Waals surface area contributed by atoms with E-state index in [2.05, 4.69) is 25.8 Å². The van der Waals surface area contributed by atoms with E-state index in [1.165, 1.54) is 25.9 Å². The van der Waals surface area contributed by atoms with Gasteiger partial charge in [-0.25, -0.2) is 0 Å². The van der Waals surface area contributed by atoms with E-state index in [0.717, 1.165) is 17.3 Å². The Labute approximate surface area is 83.5 Å². The van der Waals surface area contributed by atoms with Crippen molar-refractivity contribution in [3.63, 3.8) is 0 Å². The van der Waals surface area contributed by atoms with Gasteiger partial charge in [-0.05, 0) is 37.1 Å². The first-order valence-corrected chi connectivity index (χ1v) is 5.81. The second-order valence-electron chi connectivity index (χ2n) is 4.99. The first kappa shape index (κ1) is 11.0. The first-order valence-electron chi connectivity index (χ1n) is 5.81. The number of rotatable bonds is 1. The molecule has 1 heteroatoms. The molecule has 3 rings (SSSR count). The van der Waals surface area contributed by atoms with Gasteiger partial charge >= 0.3 is 0 Å². The Kier molecular flexibility index (Phi) is 3.39. The minimum Gasteiger partial charge on any atom is -0.306 e. The smallest absolute Gasteiger partial charge is 0.00377 e. The molecule has 2 saturated heterocycles. The quantitative estimate of drug-likeness (QED) is 0.604. The van der Waals surface area contributed by atoms with Crippen molar-refractivity contribution >= 4 is 0 Å². The van der Waals surface area contributed by atoms with Crippen LogP contribution in [0.3, 0.4) is 0 Å². The minimum atomic E-state index is 0.720. The van der Waals surface area contributed by atoms with Gasteiger partial charge in [-0.15, -0.1) is 0 Å². The van der Waals surface area contributed by atoms with Crippen molar-refractivity contribution in [3.8, 4) is 0 Å². The van der Waals surface area contributed by atoms with E-state index >= 15 is 0 Å². The summed E-state index contributed by atoms with van der Waals surface area (Å²) in [5.74, 6) is 1.93. The molecule has 1 saturated carbocycles. The molecule has 0 aromatic rings. The summed E-state index contributed by atoms with van der Waals surface area (Å²) >= 11 is 0. The van der Waals surface area contributed by atoms with Crippen molar-refractivity contribution in [2.45, 2.75) is 40.5 Å². The van der Waals surface area contributed by atoms with Gasteiger partial charge in [0.1, 0.15) is 0 Å². The molecule has 0 unspecified atom stereocenters. The van der Waals surface area contributed by atoms with Crippen LogP contribution in [0.1, 0.15) is 40.5 Å². The van der Waals surface area contributed by atoms with Crippen molar-refractivity contribution in [3.05, 3.63) is 0 Å². The molecule has 2 aliphatic heterocycles. The molecule has 13 heavy (non-hydrogen) atoms. The van der Waals surface area contributed by atoms with E-state index in [0.29, 0.717) is 0 Å². The highest BCUT2D eigenvalue weighted by Crippen LogP contribution is 2.54. The zero-order chi connectivity index (χ0) is 10.1. The lowest BCUT2D eigenvalue weighted by Crippen LogP contribution is -2.57. The highest BCUT2D eigenvalue weighted by Gasteiger charge is 2.50. The third kappa shape index (κ3) is 1.90. The maximum absolute atomic E-state index is 2.51. The molecule has 3 fully saturated rings. The van der Waals surface area contributed by atoms with Gasteiger partial charge in [0, 0.05) is 13.1 Å². The summed E-state index contributed by atoms with van der Waals surface area (Å²) in [4.78, 5) is 2.51. The Bertz CT molecular complexity index is 157. The highest BCUT2D eigenvalue weighted by molar-refractivity contribution is 5.01. The average Bonchev–Trinajstić information content (AvgIpc) is 2.05. The van der Waals surface area contributed by atoms with Crippen LogP contribution in [0.15, 0.2) is 0 Å². The van der Waals surface area contributed by atoms with Crippen molar-refractivity contribution in [2.75, 3.05) is 20.1 Å². The summed E-state index contributed by atoms with van der Waals surface area (Å²) in [5, 5.41) is 0. The van der Waals surface area contributed by atoms with E-state index < -0.39 is 0 Å². The lowest BCUT2D eigenvalue weighted by molar-refractivity contribution is -0.0822. The Morgan fingerprint density at radius 1 is 1.23 bits per heavy atom. The second-order valence-corrected chi connectivity index (χ2v) is 4.99. The summed E-state index contributed by atoms with van der Waals surface area (Å²) in [6.45, 7) is 11.5. The summed E-state index contributed by atoms with van der Waals surface area (Å²) < 4.78 is 0. The molecule has 3 aliphatic rings. The summed E-state index contributed by atoms with van der Waals surface area (Å²) in [6, 6.07) is 0. The number of fused-ring (bicyclic) bond motifs is 2. The van der Waals surface area contributed by atoms with Gasteiger partial charge in [0.2, 0.25) is 0 Å². The van der Waals surface area contributed by atoms with E-state index in [1.54, 1.807) is 0 Å².